The number of aliphatic carboxylic acids is 1. The molecule has 1 aromatic carbocycles. The summed E-state index contributed by atoms with van der Waals surface area (Å²) in [5, 5.41) is 30.7. The van der Waals surface area contributed by atoms with Crippen molar-refractivity contribution < 1.29 is 54.1 Å². The Morgan fingerprint density at radius 1 is 1.18 bits per heavy atom. The summed E-state index contributed by atoms with van der Waals surface area (Å²) in [4.78, 5) is 19.6. The summed E-state index contributed by atoms with van der Waals surface area (Å²) >= 11 is 0. The number of imidazole rings is 1. The molecule has 9 heteroatoms. The van der Waals surface area contributed by atoms with Gasteiger partial charge in [0.1, 0.15) is 11.6 Å². The quantitative estimate of drug-likeness (QED) is 0.420. The van der Waals surface area contributed by atoms with Gasteiger partial charge in [0.15, 0.2) is 0 Å². The van der Waals surface area contributed by atoms with Gasteiger partial charge in [-0.2, -0.15) is 0 Å². The van der Waals surface area contributed by atoms with Gasteiger partial charge in [-0.25, -0.2) is 9.37 Å². The van der Waals surface area contributed by atoms with Gasteiger partial charge in [0.05, 0.1) is 23.6 Å². The first-order chi connectivity index (χ1) is 15.3. The minimum atomic E-state index is -1.38. The number of hydrogen-bond donors (Lipinski definition) is 2. The number of carbonyl (C=O) groups is 1. The number of aliphatic hydroxyl groups is 2. The average Bonchev–Trinajstić information content (AvgIpc) is 3.12. The second-order valence-electron chi connectivity index (χ2n) is 7.82. The zero-order chi connectivity index (χ0) is 23.3. The third kappa shape index (κ3) is 7.06. The van der Waals surface area contributed by atoms with Gasteiger partial charge < -0.3 is 24.7 Å². The summed E-state index contributed by atoms with van der Waals surface area (Å²) in [5.41, 5.74) is 2.86. The minimum Gasteiger partial charge on any atom is -0.550 e. The van der Waals surface area contributed by atoms with Crippen LogP contribution in [0.25, 0.3) is 28.7 Å². The summed E-state index contributed by atoms with van der Waals surface area (Å²) in [7, 11) is 0. The van der Waals surface area contributed by atoms with Crippen LogP contribution < -0.4 is 34.7 Å². The molecule has 2 unspecified atom stereocenters. The largest absolute Gasteiger partial charge is 1.00 e. The fraction of sp³-hybridized carbons (Fsp3) is 0.292. The van der Waals surface area contributed by atoms with E-state index in [9.17, 15) is 24.5 Å². The van der Waals surface area contributed by atoms with Crippen molar-refractivity contribution >= 4 is 12.2 Å². The SMILES string of the molecule is CC(C)c1nc(-c2cccnc2)c(-c2ccc(F)cc2)n1/C=C/C(O)CC(O)CC(=O)[O-].[Na+]. The topological polar surface area (TPSA) is 111 Å². The molecule has 0 amide bonds. The van der Waals surface area contributed by atoms with Crippen molar-refractivity contribution in [2.75, 3.05) is 0 Å². The van der Waals surface area contributed by atoms with Crippen molar-refractivity contribution in [1.82, 2.24) is 14.5 Å². The zero-order valence-corrected chi connectivity index (χ0v) is 20.9. The number of aliphatic hydroxyl groups excluding tert-OH is 2. The van der Waals surface area contributed by atoms with Crippen LogP contribution in [0, 0.1) is 5.82 Å². The second-order valence-corrected chi connectivity index (χ2v) is 7.82. The third-order valence-electron chi connectivity index (χ3n) is 4.88. The molecule has 2 atom stereocenters. The Labute approximate surface area is 213 Å². The van der Waals surface area contributed by atoms with Crippen molar-refractivity contribution in [1.29, 1.82) is 0 Å². The van der Waals surface area contributed by atoms with Gasteiger partial charge in [-0.1, -0.05) is 13.8 Å². The monoisotopic (exact) mass is 461 g/mol. The Morgan fingerprint density at radius 2 is 1.88 bits per heavy atom. The molecule has 2 aromatic heterocycles. The molecule has 0 saturated carbocycles. The van der Waals surface area contributed by atoms with E-state index in [-0.39, 0.29) is 47.7 Å². The van der Waals surface area contributed by atoms with Crippen LogP contribution in [0.3, 0.4) is 0 Å². The Hall–Kier alpha value is -2.36. The standard InChI is InChI=1S/C24H26FN3O4.Na/c1-15(2)24-27-22(17-4-3-10-26-14-17)23(16-5-7-18(25)8-6-16)28(24)11-9-19(29)12-20(30)13-21(31)32;/h3-11,14-15,19-20,29-30H,12-13H2,1-2H3,(H,31,32);/q;+1/p-1/b11-9+;. The molecule has 33 heavy (non-hydrogen) atoms. The summed E-state index contributed by atoms with van der Waals surface area (Å²) < 4.78 is 15.4. The van der Waals surface area contributed by atoms with Gasteiger partial charge in [-0.15, -0.1) is 0 Å². The molecule has 0 spiro atoms. The number of carboxylic acid groups (broad SMARTS) is 1. The first-order valence-electron chi connectivity index (χ1n) is 10.3. The molecule has 3 rings (SSSR count). The molecule has 2 N–H and O–H groups in total. The summed E-state index contributed by atoms with van der Waals surface area (Å²) in [6.07, 6.45) is 3.43. The second kappa shape index (κ2) is 12.2. The predicted octanol–water partition coefficient (Wildman–Crippen LogP) is -0.399. The number of aromatic nitrogens is 3. The van der Waals surface area contributed by atoms with E-state index < -0.39 is 24.6 Å². The van der Waals surface area contributed by atoms with Crippen molar-refractivity contribution in [3.8, 4) is 22.5 Å². The van der Waals surface area contributed by atoms with Crippen LogP contribution in [0.15, 0.2) is 54.9 Å². The number of carboxylic acids is 1. The van der Waals surface area contributed by atoms with Gasteiger partial charge in [-0.05, 0) is 42.5 Å². The minimum absolute atomic E-state index is 0. The van der Waals surface area contributed by atoms with E-state index in [1.807, 2.05) is 24.5 Å². The molecule has 3 aromatic rings. The first-order valence-corrected chi connectivity index (χ1v) is 10.3. The maximum absolute atomic E-state index is 13.6. The molecule has 2 heterocycles. The summed E-state index contributed by atoms with van der Waals surface area (Å²) in [5.74, 6) is -1.02. The Bertz CT molecular complexity index is 1090. The molecule has 0 radical (unpaired) electrons. The fourth-order valence-corrected chi connectivity index (χ4v) is 3.41. The van der Waals surface area contributed by atoms with Crippen molar-refractivity contribution in [2.45, 2.75) is 44.8 Å². The van der Waals surface area contributed by atoms with Crippen molar-refractivity contribution in [3.05, 3.63) is 66.5 Å². The molecule has 7 nitrogen and oxygen atoms in total. The molecular weight excluding hydrogens is 436 g/mol. The van der Waals surface area contributed by atoms with Crippen molar-refractivity contribution in [3.63, 3.8) is 0 Å². The number of nitrogens with zero attached hydrogens (tertiary/aromatic N) is 3. The average molecular weight is 461 g/mol. The van der Waals surface area contributed by atoms with E-state index in [0.717, 1.165) is 11.1 Å². The number of rotatable bonds is 9. The molecule has 168 valence electrons. The summed E-state index contributed by atoms with van der Waals surface area (Å²) in [6, 6.07) is 9.72. The fourth-order valence-electron chi connectivity index (χ4n) is 3.41. The molecule has 0 bridgehead atoms. The van der Waals surface area contributed by atoms with Crippen LogP contribution in [0.5, 0.6) is 0 Å². The molecule has 0 saturated heterocycles. The Kier molecular flexibility index (Phi) is 9.94. The van der Waals surface area contributed by atoms with Crippen LogP contribution in [0.2, 0.25) is 0 Å². The van der Waals surface area contributed by atoms with Crippen LogP contribution in [0.4, 0.5) is 4.39 Å². The number of hydrogen-bond acceptors (Lipinski definition) is 6. The van der Waals surface area contributed by atoms with Gasteiger partial charge in [0.2, 0.25) is 0 Å². The Balaban J connectivity index is 0.00000385. The number of pyridine rings is 1. The van der Waals surface area contributed by atoms with E-state index in [0.29, 0.717) is 17.2 Å². The van der Waals surface area contributed by atoms with Crippen LogP contribution in [0.1, 0.15) is 38.4 Å². The maximum Gasteiger partial charge on any atom is 1.00 e. The molecular formula is C24H25FN3NaO4. The van der Waals surface area contributed by atoms with Crippen LogP contribution in [-0.2, 0) is 4.79 Å². The third-order valence-corrected chi connectivity index (χ3v) is 4.88. The number of carbonyl (C=O) groups excluding carboxylic acids is 1. The molecule has 0 fully saturated rings. The van der Waals surface area contributed by atoms with E-state index in [4.69, 9.17) is 4.98 Å². The van der Waals surface area contributed by atoms with Gasteiger partial charge in [-0.3, -0.25) is 4.98 Å². The van der Waals surface area contributed by atoms with Crippen LogP contribution in [-0.4, -0.2) is 42.9 Å². The maximum atomic E-state index is 13.6. The van der Waals surface area contributed by atoms with E-state index >= 15 is 0 Å². The zero-order valence-electron chi connectivity index (χ0n) is 18.9. The van der Waals surface area contributed by atoms with Crippen LogP contribution >= 0.6 is 0 Å². The first kappa shape index (κ1) is 26.9. The normalized spacial score (nSPS) is 13.2. The Morgan fingerprint density at radius 3 is 2.45 bits per heavy atom. The van der Waals surface area contributed by atoms with Gasteiger partial charge in [0.25, 0.3) is 0 Å². The number of benzene rings is 1. The van der Waals surface area contributed by atoms with Gasteiger partial charge in [0, 0.05) is 54.4 Å². The van der Waals surface area contributed by atoms with Crippen molar-refractivity contribution in [2.24, 2.45) is 0 Å². The predicted molar refractivity (Wildman–Crippen MR) is 117 cm³/mol. The number of halogens is 1. The molecule has 0 aliphatic rings. The molecule has 0 aliphatic carbocycles. The summed E-state index contributed by atoms with van der Waals surface area (Å²) in [6.45, 7) is 3.96. The van der Waals surface area contributed by atoms with E-state index in [2.05, 4.69) is 4.98 Å². The smallest absolute Gasteiger partial charge is 0.550 e. The van der Waals surface area contributed by atoms with E-state index in [1.165, 1.54) is 18.2 Å². The van der Waals surface area contributed by atoms with Gasteiger partial charge >= 0.3 is 29.6 Å². The van der Waals surface area contributed by atoms with E-state index in [1.54, 1.807) is 36.8 Å². The molecule has 0 aliphatic heterocycles.